The number of rotatable bonds is 4. The topological polar surface area (TPSA) is 49.4 Å². The minimum Gasteiger partial charge on any atom is -0.326 e. The first kappa shape index (κ1) is 19.2. The van der Waals surface area contributed by atoms with Crippen LogP contribution in [0.25, 0.3) is 0 Å². The van der Waals surface area contributed by atoms with E-state index in [0.717, 1.165) is 42.6 Å². The Morgan fingerprint density at radius 2 is 1.56 bits per heavy atom. The molecule has 0 atom stereocenters. The van der Waals surface area contributed by atoms with E-state index in [-0.39, 0.29) is 23.7 Å². The minimum atomic E-state index is -0.0169. The fourth-order valence-corrected chi connectivity index (χ4v) is 3.84. The van der Waals surface area contributed by atoms with E-state index in [1.54, 1.807) is 4.90 Å². The van der Waals surface area contributed by atoms with Crippen LogP contribution in [0, 0.1) is 25.7 Å². The zero-order valence-electron chi connectivity index (χ0n) is 16.4. The Hall–Kier alpha value is -2.62. The van der Waals surface area contributed by atoms with Crippen LogP contribution in [0.4, 0.5) is 11.4 Å². The quantitative estimate of drug-likeness (QED) is 0.854. The number of hydrogen-bond donors (Lipinski definition) is 1. The number of para-hydroxylation sites is 1. The highest BCUT2D eigenvalue weighted by Crippen LogP contribution is 2.32. The summed E-state index contributed by atoms with van der Waals surface area (Å²) in [5, 5.41) is 3.07. The van der Waals surface area contributed by atoms with Crippen LogP contribution < -0.4 is 10.2 Å². The van der Waals surface area contributed by atoms with Crippen molar-refractivity contribution in [3.05, 3.63) is 59.7 Å². The zero-order valence-corrected chi connectivity index (χ0v) is 16.4. The normalized spacial score (nSPS) is 19.4. The third-order valence-corrected chi connectivity index (χ3v) is 5.56. The Labute approximate surface area is 161 Å². The molecule has 2 amide bonds. The van der Waals surface area contributed by atoms with Crippen LogP contribution in [0.5, 0.6) is 0 Å². The molecule has 0 unspecified atom stereocenters. The lowest BCUT2D eigenvalue weighted by Gasteiger charge is -2.30. The van der Waals surface area contributed by atoms with E-state index in [1.165, 1.54) is 5.56 Å². The molecule has 0 bridgehead atoms. The van der Waals surface area contributed by atoms with Crippen molar-refractivity contribution in [3.63, 3.8) is 0 Å². The predicted molar refractivity (Wildman–Crippen MR) is 110 cm³/mol. The van der Waals surface area contributed by atoms with Crippen molar-refractivity contribution in [1.29, 1.82) is 0 Å². The zero-order chi connectivity index (χ0) is 19.4. The second-order valence-corrected chi connectivity index (χ2v) is 7.59. The van der Waals surface area contributed by atoms with Crippen LogP contribution in [-0.2, 0) is 9.59 Å². The Morgan fingerprint density at radius 1 is 0.926 bits per heavy atom. The summed E-state index contributed by atoms with van der Waals surface area (Å²) in [6.45, 7) is 4.06. The fraction of sp³-hybridized carbons (Fsp3) is 0.391. The Balaban J connectivity index is 1.55. The molecule has 1 aliphatic carbocycles. The highest BCUT2D eigenvalue weighted by molar-refractivity contribution is 5.95. The summed E-state index contributed by atoms with van der Waals surface area (Å²) in [5.74, 6) is 0.204. The number of amides is 2. The molecule has 27 heavy (non-hydrogen) atoms. The Kier molecular flexibility index (Phi) is 5.94. The van der Waals surface area contributed by atoms with E-state index >= 15 is 0 Å². The van der Waals surface area contributed by atoms with Gasteiger partial charge in [-0.05, 0) is 63.3 Å². The molecule has 3 rings (SSSR count). The van der Waals surface area contributed by atoms with Gasteiger partial charge in [-0.15, -0.1) is 0 Å². The van der Waals surface area contributed by atoms with Crippen molar-refractivity contribution >= 4 is 23.2 Å². The van der Waals surface area contributed by atoms with E-state index in [2.05, 4.69) is 11.4 Å². The van der Waals surface area contributed by atoms with Gasteiger partial charge < -0.3 is 10.2 Å². The maximum atomic E-state index is 12.8. The number of anilines is 2. The van der Waals surface area contributed by atoms with Gasteiger partial charge >= 0.3 is 0 Å². The summed E-state index contributed by atoms with van der Waals surface area (Å²) < 4.78 is 0. The molecule has 2 aromatic carbocycles. The first-order valence-corrected chi connectivity index (χ1v) is 9.66. The number of carbonyl (C=O) groups excluding carboxylic acids is 2. The molecule has 0 aromatic heterocycles. The molecule has 4 nitrogen and oxygen atoms in total. The smallest absolute Gasteiger partial charge is 0.229 e. The molecule has 1 saturated carbocycles. The van der Waals surface area contributed by atoms with Crippen molar-refractivity contribution in [2.45, 2.75) is 39.5 Å². The molecular weight excluding hydrogens is 336 g/mol. The van der Waals surface area contributed by atoms with E-state index in [4.69, 9.17) is 0 Å². The van der Waals surface area contributed by atoms with Gasteiger partial charge in [-0.25, -0.2) is 0 Å². The first-order valence-electron chi connectivity index (χ1n) is 9.66. The van der Waals surface area contributed by atoms with Crippen LogP contribution in [0.2, 0.25) is 0 Å². The number of aryl methyl sites for hydroxylation is 2. The van der Waals surface area contributed by atoms with Crippen molar-refractivity contribution in [1.82, 2.24) is 0 Å². The van der Waals surface area contributed by atoms with Crippen LogP contribution >= 0.6 is 0 Å². The molecular formula is C23H28N2O2. The van der Waals surface area contributed by atoms with Gasteiger partial charge in [-0.2, -0.15) is 0 Å². The maximum Gasteiger partial charge on any atom is 0.229 e. The van der Waals surface area contributed by atoms with Crippen molar-refractivity contribution in [2.24, 2.45) is 11.8 Å². The van der Waals surface area contributed by atoms with Gasteiger partial charge in [-0.1, -0.05) is 35.9 Å². The first-order chi connectivity index (χ1) is 13.0. The Morgan fingerprint density at radius 3 is 2.19 bits per heavy atom. The summed E-state index contributed by atoms with van der Waals surface area (Å²) in [4.78, 5) is 27.1. The second-order valence-electron chi connectivity index (χ2n) is 7.59. The van der Waals surface area contributed by atoms with E-state index in [0.29, 0.717) is 0 Å². The number of nitrogens with zero attached hydrogens (tertiary/aromatic N) is 1. The van der Waals surface area contributed by atoms with Crippen LogP contribution in [0.1, 0.15) is 36.8 Å². The lowest BCUT2D eigenvalue weighted by Crippen LogP contribution is -2.36. The summed E-state index contributed by atoms with van der Waals surface area (Å²) >= 11 is 0. The van der Waals surface area contributed by atoms with Gasteiger partial charge in [0.05, 0.1) is 0 Å². The average Bonchev–Trinajstić information content (AvgIpc) is 2.69. The third-order valence-electron chi connectivity index (χ3n) is 5.56. The summed E-state index contributed by atoms with van der Waals surface area (Å²) in [6.07, 6.45) is 3.05. The van der Waals surface area contributed by atoms with Crippen LogP contribution in [0.3, 0.4) is 0 Å². The summed E-state index contributed by atoms with van der Waals surface area (Å²) in [6, 6.07) is 15.8. The molecule has 0 aliphatic heterocycles. The number of benzene rings is 2. The largest absolute Gasteiger partial charge is 0.326 e. The Bertz CT molecular complexity index is 808. The molecule has 4 heteroatoms. The summed E-state index contributed by atoms with van der Waals surface area (Å²) in [7, 11) is 1.83. The SMILES string of the molecule is Cc1ccc(NC(=O)C2CCC(C(=O)N(C)c3ccccc3)CC2)c(C)c1. The number of carbonyl (C=O) groups is 2. The number of hydrogen-bond acceptors (Lipinski definition) is 2. The van der Waals surface area contributed by atoms with Crippen molar-refractivity contribution in [3.8, 4) is 0 Å². The summed E-state index contributed by atoms with van der Waals surface area (Å²) in [5.41, 5.74) is 4.06. The van der Waals surface area contributed by atoms with E-state index < -0.39 is 0 Å². The predicted octanol–water partition coefficient (Wildman–Crippen LogP) is 4.71. The molecule has 142 valence electrons. The van der Waals surface area contributed by atoms with Gasteiger partial charge in [0, 0.05) is 30.3 Å². The fourth-order valence-electron chi connectivity index (χ4n) is 3.84. The van der Waals surface area contributed by atoms with Crippen molar-refractivity contribution < 1.29 is 9.59 Å². The highest BCUT2D eigenvalue weighted by atomic mass is 16.2. The standard InChI is InChI=1S/C23H28N2O2/c1-16-9-14-21(17(2)15-16)24-22(26)18-10-12-19(13-11-18)23(27)25(3)20-7-5-4-6-8-20/h4-9,14-15,18-19H,10-13H2,1-3H3,(H,24,26). The van der Waals surface area contributed by atoms with E-state index in [9.17, 15) is 9.59 Å². The lowest BCUT2D eigenvalue weighted by molar-refractivity contribution is -0.126. The molecule has 1 fully saturated rings. The monoisotopic (exact) mass is 364 g/mol. The molecule has 1 N–H and O–H groups in total. The van der Waals surface area contributed by atoms with E-state index in [1.807, 2.05) is 63.4 Å². The van der Waals surface area contributed by atoms with Gasteiger partial charge in [-0.3, -0.25) is 9.59 Å². The molecule has 0 spiro atoms. The highest BCUT2D eigenvalue weighted by Gasteiger charge is 2.31. The molecule has 0 saturated heterocycles. The molecule has 0 radical (unpaired) electrons. The minimum absolute atomic E-state index is 0.000340. The second kappa shape index (κ2) is 8.38. The van der Waals surface area contributed by atoms with Gasteiger partial charge in [0.2, 0.25) is 11.8 Å². The maximum absolute atomic E-state index is 12.8. The van der Waals surface area contributed by atoms with Crippen LogP contribution in [0.15, 0.2) is 48.5 Å². The molecule has 0 heterocycles. The third kappa shape index (κ3) is 4.57. The average molecular weight is 364 g/mol. The van der Waals surface area contributed by atoms with Crippen LogP contribution in [-0.4, -0.2) is 18.9 Å². The van der Waals surface area contributed by atoms with Gasteiger partial charge in [0.15, 0.2) is 0 Å². The lowest BCUT2D eigenvalue weighted by atomic mass is 9.81. The molecule has 1 aliphatic rings. The van der Waals surface area contributed by atoms with Gasteiger partial charge in [0.25, 0.3) is 0 Å². The van der Waals surface area contributed by atoms with Crippen molar-refractivity contribution in [2.75, 3.05) is 17.3 Å². The molecule has 2 aromatic rings. The van der Waals surface area contributed by atoms with Gasteiger partial charge in [0.1, 0.15) is 0 Å². The number of nitrogens with one attached hydrogen (secondary N) is 1.